The van der Waals surface area contributed by atoms with Crippen LogP contribution in [-0.4, -0.2) is 40.4 Å². The van der Waals surface area contributed by atoms with E-state index >= 15 is 0 Å². The lowest BCUT2D eigenvalue weighted by Crippen LogP contribution is -2.22. The summed E-state index contributed by atoms with van der Waals surface area (Å²) >= 11 is 0. The van der Waals surface area contributed by atoms with Crippen molar-refractivity contribution >= 4 is 11.7 Å². The maximum absolute atomic E-state index is 11.1. The first-order valence-electron chi connectivity index (χ1n) is 8.96. The minimum atomic E-state index is -0.942. The van der Waals surface area contributed by atoms with Crippen LogP contribution in [0.4, 0.5) is 5.69 Å². The van der Waals surface area contributed by atoms with Crippen LogP contribution in [0.5, 0.6) is 0 Å². The Bertz CT molecular complexity index is 766. The van der Waals surface area contributed by atoms with Crippen LogP contribution in [-0.2, 0) is 15.9 Å². The second-order valence-electron chi connectivity index (χ2n) is 6.55. The van der Waals surface area contributed by atoms with Gasteiger partial charge in [-0.2, -0.15) is 5.10 Å². The third-order valence-electron chi connectivity index (χ3n) is 4.51. The summed E-state index contributed by atoms with van der Waals surface area (Å²) in [7, 11) is 0. The Morgan fingerprint density at radius 2 is 2.31 bits per heavy atom. The normalized spacial score (nSPS) is 17.3. The molecule has 1 aliphatic rings. The number of aromatic nitrogens is 2. The molecule has 1 aromatic heterocycles. The van der Waals surface area contributed by atoms with Gasteiger partial charge in [0, 0.05) is 6.61 Å². The number of nitrogens with zero attached hydrogens (tertiary/aromatic N) is 2. The number of nitrogens with two attached hydrogens (primary N) is 1. The van der Waals surface area contributed by atoms with Crippen molar-refractivity contribution in [2.75, 3.05) is 18.9 Å². The highest BCUT2D eigenvalue weighted by Gasteiger charge is 2.14. The molecule has 1 saturated heterocycles. The van der Waals surface area contributed by atoms with E-state index in [9.17, 15) is 4.79 Å². The number of nitrogen functional groups attached to an aromatic ring is 1. The molecule has 0 saturated carbocycles. The number of anilines is 1. The zero-order chi connectivity index (χ0) is 18.5. The van der Waals surface area contributed by atoms with Crippen LogP contribution >= 0.6 is 0 Å². The standard InChI is InChI=1S/C19H25N3O4/c1-13-11-14(19(23)24)7-8-17(13)22-12-15(20)16(21-22)5-4-10-26-18-6-2-3-9-25-18/h7-8,11-12,18H,2-6,9-10,20H2,1H3,(H,23,24). The van der Waals surface area contributed by atoms with Gasteiger partial charge >= 0.3 is 5.97 Å². The molecule has 1 atom stereocenters. The Hall–Kier alpha value is -2.38. The summed E-state index contributed by atoms with van der Waals surface area (Å²) in [5.74, 6) is -0.942. The maximum atomic E-state index is 11.1. The molecule has 1 aromatic carbocycles. The predicted molar refractivity (Wildman–Crippen MR) is 97.5 cm³/mol. The van der Waals surface area contributed by atoms with Crippen LogP contribution in [0.3, 0.4) is 0 Å². The number of hydrogen-bond acceptors (Lipinski definition) is 5. The Morgan fingerprint density at radius 1 is 1.46 bits per heavy atom. The van der Waals surface area contributed by atoms with E-state index in [2.05, 4.69) is 5.10 Å². The Morgan fingerprint density at radius 3 is 3.00 bits per heavy atom. The molecule has 0 aliphatic carbocycles. The van der Waals surface area contributed by atoms with Gasteiger partial charge in [-0.05, 0) is 62.8 Å². The number of carboxylic acids is 1. The van der Waals surface area contributed by atoms with Crippen LogP contribution in [0.15, 0.2) is 24.4 Å². The molecular weight excluding hydrogens is 334 g/mol. The van der Waals surface area contributed by atoms with Gasteiger partial charge in [-0.25, -0.2) is 9.48 Å². The van der Waals surface area contributed by atoms with Crippen LogP contribution in [0, 0.1) is 6.92 Å². The van der Waals surface area contributed by atoms with Crippen molar-refractivity contribution < 1.29 is 19.4 Å². The van der Waals surface area contributed by atoms with Gasteiger partial charge in [-0.15, -0.1) is 0 Å². The second-order valence-corrected chi connectivity index (χ2v) is 6.55. The predicted octanol–water partition coefficient (Wildman–Crippen LogP) is 2.94. The number of carboxylic acid groups (broad SMARTS) is 1. The molecule has 7 heteroatoms. The number of rotatable bonds is 7. The molecule has 1 unspecified atom stereocenters. The van der Waals surface area contributed by atoms with Gasteiger partial charge < -0.3 is 20.3 Å². The smallest absolute Gasteiger partial charge is 0.335 e. The zero-order valence-corrected chi connectivity index (χ0v) is 15.0. The fraction of sp³-hybridized carbons (Fsp3) is 0.474. The van der Waals surface area contributed by atoms with Gasteiger partial charge in [0.05, 0.1) is 35.4 Å². The largest absolute Gasteiger partial charge is 0.478 e. The minimum absolute atomic E-state index is 0.0750. The van der Waals surface area contributed by atoms with E-state index in [1.54, 1.807) is 29.1 Å². The van der Waals surface area contributed by atoms with Gasteiger partial charge in [-0.1, -0.05) is 0 Å². The molecule has 0 bridgehead atoms. The molecule has 26 heavy (non-hydrogen) atoms. The number of benzene rings is 1. The average Bonchev–Trinajstić information content (AvgIpc) is 3.00. The summed E-state index contributed by atoms with van der Waals surface area (Å²) in [6, 6.07) is 4.95. The lowest BCUT2D eigenvalue weighted by atomic mass is 10.1. The quantitative estimate of drug-likeness (QED) is 0.737. The molecule has 0 spiro atoms. The monoisotopic (exact) mass is 359 g/mol. The molecule has 0 amide bonds. The first-order chi connectivity index (χ1) is 12.5. The van der Waals surface area contributed by atoms with E-state index in [0.29, 0.717) is 12.3 Å². The topological polar surface area (TPSA) is 99.6 Å². The van der Waals surface area contributed by atoms with Gasteiger partial charge in [-0.3, -0.25) is 0 Å². The van der Waals surface area contributed by atoms with Crippen LogP contribution < -0.4 is 5.73 Å². The number of ether oxygens (including phenoxy) is 2. The lowest BCUT2D eigenvalue weighted by molar-refractivity contribution is -0.162. The minimum Gasteiger partial charge on any atom is -0.478 e. The van der Waals surface area contributed by atoms with E-state index in [-0.39, 0.29) is 11.9 Å². The highest BCUT2D eigenvalue weighted by molar-refractivity contribution is 5.88. The van der Waals surface area contributed by atoms with E-state index < -0.39 is 5.97 Å². The van der Waals surface area contributed by atoms with Crippen molar-refractivity contribution in [1.82, 2.24) is 9.78 Å². The summed E-state index contributed by atoms with van der Waals surface area (Å²) in [5.41, 5.74) is 9.44. The average molecular weight is 359 g/mol. The Balaban J connectivity index is 1.59. The molecule has 140 valence electrons. The fourth-order valence-electron chi connectivity index (χ4n) is 3.08. The van der Waals surface area contributed by atoms with Crippen molar-refractivity contribution in [3.05, 3.63) is 41.2 Å². The van der Waals surface area contributed by atoms with Gasteiger partial charge in [0.25, 0.3) is 0 Å². The molecule has 1 fully saturated rings. The van der Waals surface area contributed by atoms with Crippen molar-refractivity contribution in [3.63, 3.8) is 0 Å². The number of carbonyl (C=O) groups is 1. The number of hydrogen-bond donors (Lipinski definition) is 2. The molecule has 7 nitrogen and oxygen atoms in total. The van der Waals surface area contributed by atoms with Crippen molar-refractivity contribution in [3.8, 4) is 5.69 Å². The highest BCUT2D eigenvalue weighted by Crippen LogP contribution is 2.20. The van der Waals surface area contributed by atoms with Gasteiger partial charge in [0.2, 0.25) is 0 Å². The molecule has 3 rings (SSSR count). The third kappa shape index (κ3) is 4.42. The molecule has 3 N–H and O–H groups in total. The van der Waals surface area contributed by atoms with E-state index in [1.807, 2.05) is 6.92 Å². The summed E-state index contributed by atoms with van der Waals surface area (Å²) < 4.78 is 13.0. The molecule has 0 radical (unpaired) electrons. The van der Waals surface area contributed by atoms with Crippen LogP contribution in [0.2, 0.25) is 0 Å². The number of aromatic carboxylic acids is 1. The summed E-state index contributed by atoms with van der Waals surface area (Å²) in [6.07, 6.45) is 6.46. The molecule has 2 aromatic rings. The first kappa shape index (κ1) is 18.4. The van der Waals surface area contributed by atoms with E-state index in [4.69, 9.17) is 20.3 Å². The Kier molecular flexibility index (Phi) is 5.90. The van der Waals surface area contributed by atoms with Gasteiger partial charge in [0.15, 0.2) is 6.29 Å². The third-order valence-corrected chi connectivity index (χ3v) is 4.51. The van der Waals surface area contributed by atoms with Crippen LogP contribution in [0.1, 0.15) is 47.3 Å². The fourth-order valence-corrected chi connectivity index (χ4v) is 3.08. The second kappa shape index (κ2) is 8.33. The summed E-state index contributed by atoms with van der Waals surface area (Å²) in [6.45, 7) is 3.25. The van der Waals surface area contributed by atoms with Crippen molar-refractivity contribution in [2.24, 2.45) is 0 Å². The molecule has 1 aliphatic heterocycles. The van der Waals surface area contributed by atoms with Crippen molar-refractivity contribution in [1.29, 1.82) is 0 Å². The SMILES string of the molecule is Cc1cc(C(=O)O)ccc1-n1cc(N)c(CCCOC2CCCCO2)n1. The van der Waals surface area contributed by atoms with Crippen LogP contribution in [0.25, 0.3) is 5.69 Å². The zero-order valence-electron chi connectivity index (χ0n) is 15.0. The summed E-state index contributed by atoms with van der Waals surface area (Å²) in [5, 5.41) is 13.6. The number of aryl methyl sites for hydroxylation is 2. The molecular formula is C19H25N3O4. The van der Waals surface area contributed by atoms with E-state index in [1.165, 1.54) is 0 Å². The van der Waals surface area contributed by atoms with Gasteiger partial charge in [0.1, 0.15) is 0 Å². The van der Waals surface area contributed by atoms with Crippen molar-refractivity contribution in [2.45, 2.75) is 45.3 Å². The first-order valence-corrected chi connectivity index (χ1v) is 8.96. The summed E-state index contributed by atoms with van der Waals surface area (Å²) in [4.78, 5) is 11.1. The molecule has 2 heterocycles. The highest BCUT2D eigenvalue weighted by atomic mass is 16.7. The lowest BCUT2D eigenvalue weighted by Gasteiger charge is -2.22. The maximum Gasteiger partial charge on any atom is 0.335 e. The van der Waals surface area contributed by atoms with E-state index in [0.717, 1.165) is 55.7 Å². The Labute approximate surface area is 152 Å².